The van der Waals surface area contributed by atoms with Crippen LogP contribution in [-0.2, 0) is 0 Å². The van der Waals surface area contributed by atoms with Gasteiger partial charge in [0, 0.05) is 24.3 Å². The minimum atomic E-state index is -0.367. The molecule has 1 heterocycles. The van der Waals surface area contributed by atoms with Gasteiger partial charge < -0.3 is 16.0 Å². The topological polar surface area (TPSA) is 58.4 Å². The number of hydrogen-bond donors (Lipinski definition) is 2. The summed E-state index contributed by atoms with van der Waals surface area (Å²) in [5.41, 5.74) is 9.82. The summed E-state index contributed by atoms with van der Waals surface area (Å²) in [7, 11) is 0. The fourth-order valence-corrected chi connectivity index (χ4v) is 3.10. The van der Waals surface area contributed by atoms with E-state index in [1.165, 1.54) is 43.5 Å². The lowest BCUT2D eigenvalue weighted by Crippen LogP contribution is -2.30. The van der Waals surface area contributed by atoms with Crippen molar-refractivity contribution in [1.29, 1.82) is 0 Å². The van der Waals surface area contributed by atoms with E-state index in [4.69, 9.17) is 5.73 Å². The van der Waals surface area contributed by atoms with Crippen LogP contribution in [0, 0.1) is 12.7 Å². The molecule has 3 N–H and O–H groups in total. The van der Waals surface area contributed by atoms with Crippen molar-refractivity contribution in [1.82, 2.24) is 0 Å². The van der Waals surface area contributed by atoms with E-state index in [2.05, 4.69) is 10.2 Å². The van der Waals surface area contributed by atoms with Crippen molar-refractivity contribution in [3.05, 3.63) is 53.3 Å². The second kappa shape index (κ2) is 6.91. The standard InChI is InChI=1S/C19H22FN3O/c1-13-11-16(21)17(12-18(13)23-9-3-2-4-10-23)22-19(24)14-5-7-15(20)8-6-14/h5-8,11-12H,2-4,9-10,21H2,1H3,(H,22,24). The van der Waals surface area contributed by atoms with Crippen molar-refractivity contribution < 1.29 is 9.18 Å². The third kappa shape index (κ3) is 3.50. The highest BCUT2D eigenvalue weighted by atomic mass is 19.1. The Labute approximate surface area is 141 Å². The Balaban J connectivity index is 1.84. The first kappa shape index (κ1) is 16.3. The van der Waals surface area contributed by atoms with Crippen molar-refractivity contribution in [2.75, 3.05) is 29.0 Å². The molecule has 24 heavy (non-hydrogen) atoms. The van der Waals surface area contributed by atoms with Gasteiger partial charge in [0.15, 0.2) is 0 Å². The van der Waals surface area contributed by atoms with Gasteiger partial charge in [0.2, 0.25) is 0 Å². The summed E-state index contributed by atoms with van der Waals surface area (Å²) < 4.78 is 13.0. The number of carbonyl (C=O) groups excluding carboxylic acids is 1. The van der Waals surface area contributed by atoms with Crippen LogP contribution < -0.4 is 16.0 Å². The zero-order valence-corrected chi connectivity index (χ0v) is 13.8. The molecule has 4 nitrogen and oxygen atoms in total. The van der Waals surface area contributed by atoms with E-state index in [1.807, 2.05) is 19.1 Å². The predicted octanol–water partition coefficient (Wildman–Crippen LogP) is 3.96. The van der Waals surface area contributed by atoms with Gasteiger partial charge in [-0.2, -0.15) is 0 Å². The number of anilines is 3. The Kier molecular flexibility index (Phi) is 4.69. The predicted molar refractivity (Wildman–Crippen MR) is 96.0 cm³/mol. The zero-order valence-electron chi connectivity index (χ0n) is 13.8. The second-order valence-corrected chi connectivity index (χ2v) is 6.23. The Hall–Kier alpha value is -2.56. The molecular formula is C19H22FN3O. The molecule has 3 rings (SSSR count). The van der Waals surface area contributed by atoms with E-state index < -0.39 is 0 Å². The summed E-state index contributed by atoms with van der Waals surface area (Å²) in [6.07, 6.45) is 3.63. The Morgan fingerprint density at radius 1 is 1.12 bits per heavy atom. The number of nitrogens with zero attached hydrogens (tertiary/aromatic N) is 1. The van der Waals surface area contributed by atoms with Gasteiger partial charge >= 0.3 is 0 Å². The highest BCUT2D eigenvalue weighted by Gasteiger charge is 2.16. The molecule has 126 valence electrons. The maximum atomic E-state index is 13.0. The van der Waals surface area contributed by atoms with E-state index in [-0.39, 0.29) is 11.7 Å². The quantitative estimate of drug-likeness (QED) is 0.839. The summed E-state index contributed by atoms with van der Waals surface area (Å²) in [4.78, 5) is 14.7. The molecule has 0 bridgehead atoms. The van der Waals surface area contributed by atoms with Crippen molar-refractivity contribution >= 4 is 23.0 Å². The van der Waals surface area contributed by atoms with Gasteiger partial charge in [0.05, 0.1) is 11.4 Å². The average Bonchev–Trinajstić information content (AvgIpc) is 2.58. The number of nitrogens with two attached hydrogens (primary N) is 1. The van der Waals surface area contributed by atoms with E-state index >= 15 is 0 Å². The van der Waals surface area contributed by atoms with Crippen LogP contribution in [0.2, 0.25) is 0 Å². The lowest BCUT2D eigenvalue weighted by atomic mass is 10.1. The summed E-state index contributed by atoms with van der Waals surface area (Å²) in [5, 5.41) is 2.84. The molecule has 1 aliphatic rings. The molecule has 0 saturated carbocycles. The van der Waals surface area contributed by atoms with Crippen LogP contribution in [0.3, 0.4) is 0 Å². The molecule has 0 aromatic heterocycles. The number of nitrogen functional groups attached to an aromatic ring is 1. The molecule has 0 radical (unpaired) electrons. The van der Waals surface area contributed by atoms with Gasteiger partial charge in [0.25, 0.3) is 5.91 Å². The fourth-order valence-electron chi connectivity index (χ4n) is 3.10. The minimum absolute atomic E-state index is 0.296. The van der Waals surface area contributed by atoms with Gasteiger partial charge in [0.1, 0.15) is 5.82 Å². The highest BCUT2D eigenvalue weighted by Crippen LogP contribution is 2.31. The number of amides is 1. The Morgan fingerprint density at radius 3 is 2.46 bits per heavy atom. The average molecular weight is 327 g/mol. The lowest BCUT2D eigenvalue weighted by molar-refractivity contribution is 0.102. The van der Waals surface area contributed by atoms with Gasteiger partial charge in [-0.15, -0.1) is 0 Å². The van der Waals surface area contributed by atoms with Gasteiger partial charge in [-0.1, -0.05) is 0 Å². The fraction of sp³-hybridized carbons (Fsp3) is 0.316. The Morgan fingerprint density at radius 2 is 1.79 bits per heavy atom. The first-order valence-electron chi connectivity index (χ1n) is 8.26. The van der Waals surface area contributed by atoms with Crippen molar-refractivity contribution in [3.8, 4) is 0 Å². The number of aryl methyl sites for hydroxylation is 1. The summed E-state index contributed by atoms with van der Waals surface area (Å²) in [6, 6.07) is 9.29. The van der Waals surface area contributed by atoms with E-state index in [0.717, 1.165) is 24.3 Å². The number of nitrogens with one attached hydrogen (secondary N) is 1. The van der Waals surface area contributed by atoms with Crippen LogP contribution in [0.4, 0.5) is 21.5 Å². The van der Waals surface area contributed by atoms with Crippen molar-refractivity contribution in [2.45, 2.75) is 26.2 Å². The highest BCUT2D eigenvalue weighted by molar-refractivity contribution is 6.06. The number of hydrogen-bond acceptors (Lipinski definition) is 3. The third-order valence-corrected chi connectivity index (χ3v) is 4.42. The maximum Gasteiger partial charge on any atom is 0.255 e. The molecule has 1 aliphatic heterocycles. The maximum absolute atomic E-state index is 13.0. The molecule has 1 amide bonds. The van der Waals surface area contributed by atoms with E-state index in [1.54, 1.807) is 0 Å². The number of halogens is 1. The minimum Gasteiger partial charge on any atom is -0.397 e. The van der Waals surface area contributed by atoms with E-state index in [9.17, 15) is 9.18 Å². The zero-order chi connectivity index (χ0) is 17.1. The summed E-state index contributed by atoms with van der Waals surface area (Å²) in [6.45, 7) is 4.08. The molecule has 2 aromatic carbocycles. The molecular weight excluding hydrogens is 305 g/mol. The SMILES string of the molecule is Cc1cc(N)c(NC(=O)c2ccc(F)cc2)cc1N1CCCCC1. The lowest BCUT2D eigenvalue weighted by Gasteiger charge is -2.30. The summed E-state index contributed by atoms with van der Waals surface area (Å²) >= 11 is 0. The molecule has 0 aliphatic carbocycles. The number of carbonyl (C=O) groups is 1. The number of piperidine rings is 1. The third-order valence-electron chi connectivity index (χ3n) is 4.42. The van der Waals surface area contributed by atoms with Crippen LogP contribution in [0.1, 0.15) is 35.2 Å². The van der Waals surface area contributed by atoms with Crippen LogP contribution in [0.25, 0.3) is 0 Å². The van der Waals surface area contributed by atoms with Crippen LogP contribution in [-0.4, -0.2) is 19.0 Å². The second-order valence-electron chi connectivity index (χ2n) is 6.23. The molecule has 0 atom stereocenters. The smallest absolute Gasteiger partial charge is 0.255 e. The molecule has 5 heteroatoms. The van der Waals surface area contributed by atoms with E-state index in [0.29, 0.717) is 16.9 Å². The Bertz CT molecular complexity index is 737. The molecule has 2 aromatic rings. The molecule has 1 saturated heterocycles. The first-order chi connectivity index (χ1) is 11.5. The van der Waals surface area contributed by atoms with Crippen LogP contribution in [0.15, 0.2) is 36.4 Å². The van der Waals surface area contributed by atoms with Crippen LogP contribution >= 0.6 is 0 Å². The largest absolute Gasteiger partial charge is 0.397 e. The first-order valence-corrected chi connectivity index (χ1v) is 8.26. The molecule has 1 fully saturated rings. The number of rotatable bonds is 3. The molecule has 0 unspecified atom stereocenters. The van der Waals surface area contributed by atoms with Gasteiger partial charge in [-0.3, -0.25) is 4.79 Å². The molecule has 0 spiro atoms. The summed E-state index contributed by atoms with van der Waals surface area (Å²) in [5.74, 6) is -0.663. The van der Waals surface area contributed by atoms with Crippen molar-refractivity contribution in [3.63, 3.8) is 0 Å². The van der Waals surface area contributed by atoms with Crippen LogP contribution in [0.5, 0.6) is 0 Å². The van der Waals surface area contributed by atoms with Gasteiger partial charge in [-0.05, 0) is 68.1 Å². The van der Waals surface area contributed by atoms with Crippen molar-refractivity contribution in [2.24, 2.45) is 0 Å². The number of benzene rings is 2. The monoisotopic (exact) mass is 327 g/mol. The van der Waals surface area contributed by atoms with Gasteiger partial charge in [-0.25, -0.2) is 4.39 Å². The normalized spacial score (nSPS) is 14.5.